The van der Waals surface area contributed by atoms with Gasteiger partial charge in [0.2, 0.25) is 0 Å². The number of benzene rings is 1. The van der Waals surface area contributed by atoms with E-state index in [1.165, 1.54) is 32.4 Å². The molecule has 4 heteroatoms. The Kier molecular flexibility index (Phi) is 3.31. The molecule has 2 aliphatic heterocycles. The molecular formula is C15H20N4. The summed E-state index contributed by atoms with van der Waals surface area (Å²) in [5, 5.41) is 12.5. The van der Waals surface area contributed by atoms with Gasteiger partial charge >= 0.3 is 0 Å². The largest absolute Gasteiger partial charge is 0.396 e. The summed E-state index contributed by atoms with van der Waals surface area (Å²) in [5.74, 6) is 0. The minimum absolute atomic E-state index is 0.482. The first-order valence-corrected chi connectivity index (χ1v) is 7.07. The molecule has 0 radical (unpaired) electrons. The summed E-state index contributed by atoms with van der Waals surface area (Å²) in [7, 11) is 0. The van der Waals surface area contributed by atoms with Crippen molar-refractivity contribution in [3.8, 4) is 6.07 Å². The number of hydrogen-bond donors (Lipinski definition) is 2. The topological polar surface area (TPSA) is 65.1 Å². The molecule has 0 bridgehead atoms. The average molecular weight is 256 g/mol. The Morgan fingerprint density at radius 1 is 1.32 bits per heavy atom. The molecule has 0 saturated carbocycles. The van der Waals surface area contributed by atoms with Gasteiger partial charge in [-0.1, -0.05) is 6.07 Å². The van der Waals surface area contributed by atoms with Gasteiger partial charge in [-0.05, 0) is 44.4 Å². The highest BCUT2D eigenvalue weighted by molar-refractivity contribution is 5.73. The molecule has 0 amide bonds. The van der Waals surface area contributed by atoms with Crippen molar-refractivity contribution in [3.63, 3.8) is 0 Å². The van der Waals surface area contributed by atoms with Crippen molar-refractivity contribution in [2.24, 2.45) is 0 Å². The van der Waals surface area contributed by atoms with Crippen molar-refractivity contribution in [2.45, 2.75) is 37.8 Å². The Morgan fingerprint density at radius 3 is 3.05 bits per heavy atom. The van der Waals surface area contributed by atoms with Crippen LogP contribution in [0.3, 0.4) is 0 Å². The highest BCUT2D eigenvalue weighted by atomic mass is 15.2. The molecule has 2 atom stereocenters. The number of nitrogens with zero attached hydrogens (tertiary/aromatic N) is 2. The zero-order valence-electron chi connectivity index (χ0n) is 11.1. The monoisotopic (exact) mass is 256 g/mol. The molecule has 0 spiro atoms. The number of para-hydroxylation sites is 1. The van der Waals surface area contributed by atoms with E-state index in [1.54, 1.807) is 6.07 Å². The number of nitrogens with one attached hydrogen (secondary N) is 1. The minimum Gasteiger partial charge on any atom is -0.396 e. The molecule has 2 unspecified atom stereocenters. The molecule has 1 aromatic rings. The molecule has 2 heterocycles. The van der Waals surface area contributed by atoms with Gasteiger partial charge in [0.25, 0.3) is 0 Å². The van der Waals surface area contributed by atoms with Gasteiger partial charge in [0.1, 0.15) is 6.07 Å². The highest BCUT2D eigenvalue weighted by Gasteiger charge is 2.31. The van der Waals surface area contributed by atoms with Gasteiger partial charge in [-0.3, -0.25) is 0 Å². The zero-order chi connectivity index (χ0) is 13.2. The minimum atomic E-state index is 0.482. The molecule has 3 rings (SSSR count). The van der Waals surface area contributed by atoms with Gasteiger partial charge < -0.3 is 16.0 Å². The van der Waals surface area contributed by atoms with Crippen LogP contribution in [-0.2, 0) is 0 Å². The fourth-order valence-electron chi connectivity index (χ4n) is 3.36. The molecule has 2 saturated heterocycles. The average Bonchev–Trinajstić information content (AvgIpc) is 2.88. The number of hydrogen-bond acceptors (Lipinski definition) is 4. The van der Waals surface area contributed by atoms with Gasteiger partial charge in [-0.15, -0.1) is 0 Å². The predicted molar refractivity (Wildman–Crippen MR) is 76.8 cm³/mol. The van der Waals surface area contributed by atoms with E-state index in [1.807, 2.05) is 12.1 Å². The first-order valence-electron chi connectivity index (χ1n) is 7.07. The number of nitriles is 1. The Hall–Kier alpha value is -1.73. The number of nitrogens with two attached hydrogens (primary N) is 1. The van der Waals surface area contributed by atoms with E-state index in [2.05, 4.69) is 16.3 Å². The van der Waals surface area contributed by atoms with Crippen molar-refractivity contribution in [2.75, 3.05) is 24.1 Å². The lowest BCUT2D eigenvalue weighted by molar-refractivity contribution is 0.188. The van der Waals surface area contributed by atoms with Crippen molar-refractivity contribution in [1.29, 1.82) is 5.26 Å². The number of rotatable bonds is 2. The van der Waals surface area contributed by atoms with Gasteiger partial charge in [-0.2, -0.15) is 5.26 Å². The third-order valence-corrected chi connectivity index (χ3v) is 4.41. The maximum Gasteiger partial charge on any atom is 0.101 e. The molecule has 19 heavy (non-hydrogen) atoms. The standard InChI is InChI=1S/C15H20N4/c16-10-11-3-1-5-14(15(11)17)18-12-6-8-19-7-2-4-13(19)9-12/h1,3,5,12-13,18H,2,4,6-9,17H2. The normalized spacial score (nSPS) is 26.7. The van der Waals surface area contributed by atoms with Crippen LogP contribution >= 0.6 is 0 Å². The van der Waals surface area contributed by atoms with E-state index in [4.69, 9.17) is 11.0 Å². The summed E-state index contributed by atoms with van der Waals surface area (Å²) in [5.41, 5.74) is 8.08. The summed E-state index contributed by atoms with van der Waals surface area (Å²) < 4.78 is 0. The van der Waals surface area contributed by atoms with Gasteiger partial charge in [0.05, 0.1) is 16.9 Å². The quantitative estimate of drug-likeness (QED) is 0.796. The molecule has 100 valence electrons. The van der Waals surface area contributed by atoms with E-state index in [9.17, 15) is 0 Å². The molecule has 3 N–H and O–H groups in total. The summed E-state index contributed by atoms with van der Waals surface area (Å²) in [6.45, 7) is 2.45. The molecule has 0 aliphatic carbocycles. The van der Waals surface area contributed by atoms with Crippen molar-refractivity contribution >= 4 is 11.4 Å². The van der Waals surface area contributed by atoms with Crippen LogP contribution in [0.2, 0.25) is 0 Å². The third-order valence-electron chi connectivity index (χ3n) is 4.41. The van der Waals surface area contributed by atoms with Crippen molar-refractivity contribution in [1.82, 2.24) is 4.90 Å². The van der Waals surface area contributed by atoms with Gasteiger partial charge in [0.15, 0.2) is 0 Å². The first-order chi connectivity index (χ1) is 9.28. The molecule has 4 nitrogen and oxygen atoms in total. The summed E-state index contributed by atoms with van der Waals surface area (Å²) in [6.07, 6.45) is 5.01. The maximum absolute atomic E-state index is 9.01. The Morgan fingerprint density at radius 2 is 2.21 bits per heavy atom. The van der Waals surface area contributed by atoms with E-state index < -0.39 is 0 Å². The highest BCUT2D eigenvalue weighted by Crippen LogP contribution is 2.30. The second-order valence-corrected chi connectivity index (χ2v) is 5.58. The fourth-order valence-corrected chi connectivity index (χ4v) is 3.36. The number of fused-ring (bicyclic) bond motifs is 1. The van der Waals surface area contributed by atoms with E-state index in [0.29, 0.717) is 17.3 Å². The fraction of sp³-hybridized carbons (Fsp3) is 0.533. The van der Waals surface area contributed by atoms with Crippen LogP contribution in [0.15, 0.2) is 18.2 Å². The van der Waals surface area contributed by atoms with Gasteiger partial charge in [-0.25, -0.2) is 0 Å². The maximum atomic E-state index is 9.01. The van der Waals surface area contributed by atoms with E-state index in [-0.39, 0.29) is 0 Å². The molecule has 2 aliphatic rings. The molecular weight excluding hydrogens is 236 g/mol. The number of nitrogen functional groups attached to an aromatic ring is 1. The second-order valence-electron chi connectivity index (χ2n) is 5.58. The Labute approximate surface area is 114 Å². The number of piperidine rings is 1. The van der Waals surface area contributed by atoms with E-state index in [0.717, 1.165) is 18.2 Å². The molecule has 2 fully saturated rings. The summed E-state index contributed by atoms with van der Waals surface area (Å²) in [4.78, 5) is 2.60. The summed E-state index contributed by atoms with van der Waals surface area (Å²) >= 11 is 0. The van der Waals surface area contributed by atoms with Crippen LogP contribution in [0.25, 0.3) is 0 Å². The smallest absolute Gasteiger partial charge is 0.101 e. The lowest BCUT2D eigenvalue weighted by Crippen LogP contribution is -2.42. The Balaban J connectivity index is 1.70. The predicted octanol–water partition coefficient (Wildman–Crippen LogP) is 2.18. The van der Waals surface area contributed by atoms with Crippen molar-refractivity contribution in [3.05, 3.63) is 23.8 Å². The van der Waals surface area contributed by atoms with E-state index >= 15 is 0 Å². The first kappa shape index (κ1) is 12.3. The summed E-state index contributed by atoms with van der Waals surface area (Å²) in [6, 6.07) is 8.99. The third kappa shape index (κ3) is 2.39. The van der Waals surface area contributed by atoms with Crippen LogP contribution in [0, 0.1) is 11.3 Å². The zero-order valence-corrected chi connectivity index (χ0v) is 11.1. The molecule has 0 aromatic heterocycles. The molecule has 1 aromatic carbocycles. The van der Waals surface area contributed by atoms with Crippen molar-refractivity contribution < 1.29 is 0 Å². The Bertz CT molecular complexity index is 505. The van der Waals surface area contributed by atoms with Crippen LogP contribution in [0.4, 0.5) is 11.4 Å². The second kappa shape index (κ2) is 5.10. The van der Waals surface area contributed by atoms with Gasteiger partial charge in [0, 0.05) is 18.6 Å². The van der Waals surface area contributed by atoms with Crippen LogP contribution in [-0.4, -0.2) is 30.1 Å². The lowest BCUT2D eigenvalue weighted by Gasteiger charge is -2.35. The number of anilines is 2. The van der Waals surface area contributed by atoms with Crippen LogP contribution in [0.5, 0.6) is 0 Å². The van der Waals surface area contributed by atoms with Crippen LogP contribution in [0.1, 0.15) is 31.2 Å². The SMILES string of the molecule is N#Cc1cccc(NC2CCN3CCCC3C2)c1N. The lowest BCUT2D eigenvalue weighted by atomic mass is 9.97. The van der Waals surface area contributed by atoms with Crippen LogP contribution < -0.4 is 11.1 Å².